The summed E-state index contributed by atoms with van der Waals surface area (Å²) in [7, 11) is 0. The number of nitrogens with one attached hydrogen (secondary N) is 1. The summed E-state index contributed by atoms with van der Waals surface area (Å²) in [6, 6.07) is 0. The van der Waals surface area contributed by atoms with Crippen LogP contribution in [0.2, 0.25) is 0 Å². The third-order valence-corrected chi connectivity index (χ3v) is 0.264. The summed E-state index contributed by atoms with van der Waals surface area (Å²) in [5, 5.41) is 9.81. The smallest absolute Gasteiger partial charge is 0.176 e. The van der Waals surface area contributed by atoms with Gasteiger partial charge in [-0.2, -0.15) is 5.26 Å². The van der Waals surface area contributed by atoms with E-state index >= 15 is 0 Å². The van der Waals surface area contributed by atoms with Gasteiger partial charge in [0.2, 0.25) is 0 Å². The number of hydrogen-bond donors (Lipinski definition) is 1. The Bertz CT molecular complexity index is 73.4. The molecule has 0 saturated heterocycles. The Labute approximate surface area is 35.6 Å². The standard InChI is InChI=1S/C3H4N2O/c4-3-5-1-2-6/h2,5H,1H2. The van der Waals surface area contributed by atoms with Gasteiger partial charge in [0.1, 0.15) is 6.29 Å². The van der Waals surface area contributed by atoms with E-state index in [1.54, 1.807) is 6.19 Å². The topological polar surface area (TPSA) is 52.9 Å². The number of nitriles is 1. The predicted molar refractivity (Wildman–Crippen MR) is 19.7 cm³/mol. The van der Waals surface area contributed by atoms with Crippen LogP contribution < -0.4 is 5.32 Å². The minimum atomic E-state index is 0.122. The Morgan fingerprint density at radius 3 is 2.83 bits per heavy atom. The summed E-state index contributed by atoms with van der Waals surface area (Å²) in [6.45, 7) is 0.122. The van der Waals surface area contributed by atoms with Crippen LogP contribution in [0.25, 0.3) is 0 Å². The van der Waals surface area contributed by atoms with E-state index in [1.807, 2.05) is 0 Å². The van der Waals surface area contributed by atoms with Gasteiger partial charge in [0.15, 0.2) is 6.19 Å². The fraction of sp³-hybridized carbons (Fsp3) is 0.333. The van der Waals surface area contributed by atoms with Crippen molar-refractivity contribution in [1.29, 1.82) is 5.26 Å². The zero-order valence-electron chi connectivity index (χ0n) is 3.14. The van der Waals surface area contributed by atoms with Gasteiger partial charge in [-0.3, -0.25) is 0 Å². The van der Waals surface area contributed by atoms with E-state index in [2.05, 4.69) is 5.32 Å². The first-order chi connectivity index (χ1) is 2.91. The molecule has 1 N–H and O–H groups in total. The van der Waals surface area contributed by atoms with Gasteiger partial charge in [-0.25, -0.2) is 0 Å². The van der Waals surface area contributed by atoms with Gasteiger partial charge in [0.05, 0.1) is 6.54 Å². The second kappa shape index (κ2) is 3.96. The van der Waals surface area contributed by atoms with Crippen LogP contribution >= 0.6 is 0 Å². The molecule has 0 aliphatic heterocycles. The van der Waals surface area contributed by atoms with Gasteiger partial charge in [0.25, 0.3) is 0 Å². The highest BCUT2D eigenvalue weighted by molar-refractivity contribution is 5.52. The maximum absolute atomic E-state index is 9.35. The van der Waals surface area contributed by atoms with Crippen molar-refractivity contribution in [2.45, 2.75) is 0 Å². The normalized spacial score (nSPS) is 5.83. The molecule has 3 nitrogen and oxygen atoms in total. The van der Waals surface area contributed by atoms with E-state index < -0.39 is 0 Å². The molecular weight excluding hydrogens is 80.0 g/mol. The minimum absolute atomic E-state index is 0.122. The summed E-state index contributed by atoms with van der Waals surface area (Å²) < 4.78 is 0. The van der Waals surface area contributed by atoms with Crippen molar-refractivity contribution in [1.82, 2.24) is 5.32 Å². The van der Waals surface area contributed by atoms with Gasteiger partial charge in [-0.05, 0) is 0 Å². The van der Waals surface area contributed by atoms with Crippen LogP contribution in [0, 0.1) is 11.5 Å². The number of carbonyl (C=O) groups excluding carboxylic acids is 1. The van der Waals surface area contributed by atoms with Crippen molar-refractivity contribution < 1.29 is 4.79 Å². The molecule has 6 heavy (non-hydrogen) atoms. The molecule has 3 heteroatoms. The molecular formula is C3H4N2O. The van der Waals surface area contributed by atoms with Crippen LogP contribution in [-0.4, -0.2) is 12.8 Å². The first-order valence-electron chi connectivity index (χ1n) is 1.47. The quantitative estimate of drug-likeness (QED) is 0.207. The molecule has 0 saturated carbocycles. The summed E-state index contributed by atoms with van der Waals surface area (Å²) in [5.41, 5.74) is 0. The van der Waals surface area contributed by atoms with Gasteiger partial charge in [-0.1, -0.05) is 0 Å². The summed E-state index contributed by atoms with van der Waals surface area (Å²) in [6.07, 6.45) is 2.22. The lowest BCUT2D eigenvalue weighted by Crippen LogP contribution is -2.06. The molecule has 0 bridgehead atoms. The van der Waals surface area contributed by atoms with Crippen molar-refractivity contribution in [3.63, 3.8) is 0 Å². The molecule has 0 fully saturated rings. The average molecular weight is 84.1 g/mol. The lowest BCUT2D eigenvalue weighted by atomic mass is 10.7. The molecule has 0 atom stereocenters. The molecule has 0 aromatic carbocycles. The Hall–Kier alpha value is -1.04. The molecule has 0 unspecified atom stereocenters. The Balaban J connectivity index is 2.72. The molecule has 0 spiro atoms. The molecule has 0 heterocycles. The number of hydrogen-bond acceptors (Lipinski definition) is 3. The Morgan fingerprint density at radius 1 is 2.00 bits per heavy atom. The highest BCUT2D eigenvalue weighted by Gasteiger charge is 1.68. The SMILES string of the molecule is N#CNCC=O. The van der Waals surface area contributed by atoms with Crippen molar-refractivity contribution in [3.8, 4) is 6.19 Å². The van der Waals surface area contributed by atoms with E-state index in [0.717, 1.165) is 0 Å². The molecule has 0 radical (unpaired) electrons. The van der Waals surface area contributed by atoms with Crippen LogP contribution in [-0.2, 0) is 4.79 Å². The van der Waals surface area contributed by atoms with Gasteiger partial charge < -0.3 is 10.1 Å². The molecule has 0 aliphatic rings. The number of aldehydes is 1. The minimum Gasteiger partial charge on any atom is -0.317 e. The summed E-state index contributed by atoms with van der Waals surface area (Å²) >= 11 is 0. The second-order valence-electron chi connectivity index (χ2n) is 0.659. The van der Waals surface area contributed by atoms with E-state index in [1.165, 1.54) is 0 Å². The monoisotopic (exact) mass is 84.0 g/mol. The first kappa shape index (κ1) is 4.96. The predicted octanol–water partition coefficient (Wildman–Crippen LogP) is -0.744. The zero-order chi connectivity index (χ0) is 4.83. The fourth-order valence-electron chi connectivity index (χ4n) is 0.0873. The van der Waals surface area contributed by atoms with Gasteiger partial charge in [0, 0.05) is 0 Å². The molecule has 0 amide bonds. The van der Waals surface area contributed by atoms with E-state index in [4.69, 9.17) is 5.26 Å². The van der Waals surface area contributed by atoms with Gasteiger partial charge in [-0.15, -0.1) is 0 Å². The van der Waals surface area contributed by atoms with Crippen LogP contribution in [0.5, 0.6) is 0 Å². The van der Waals surface area contributed by atoms with E-state index in [9.17, 15) is 4.79 Å². The summed E-state index contributed by atoms with van der Waals surface area (Å²) in [4.78, 5) is 9.35. The average Bonchev–Trinajstić information content (AvgIpc) is 1.61. The Morgan fingerprint density at radius 2 is 2.67 bits per heavy atom. The third-order valence-electron chi connectivity index (χ3n) is 0.264. The lowest BCUT2D eigenvalue weighted by molar-refractivity contribution is -0.107. The van der Waals surface area contributed by atoms with Crippen molar-refractivity contribution in [2.24, 2.45) is 0 Å². The van der Waals surface area contributed by atoms with Crippen molar-refractivity contribution in [3.05, 3.63) is 0 Å². The maximum atomic E-state index is 9.35. The molecule has 0 aromatic rings. The molecule has 32 valence electrons. The number of rotatable bonds is 2. The van der Waals surface area contributed by atoms with Crippen LogP contribution in [0.15, 0.2) is 0 Å². The molecule has 0 aromatic heterocycles. The highest BCUT2D eigenvalue weighted by Crippen LogP contribution is 1.38. The first-order valence-corrected chi connectivity index (χ1v) is 1.47. The molecule has 0 aliphatic carbocycles. The van der Waals surface area contributed by atoms with E-state index in [0.29, 0.717) is 6.29 Å². The second-order valence-corrected chi connectivity index (χ2v) is 0.659. The zero-order valence-corrected chi connectivity index (χ0v) is 3.14. The fourth-order valence-corrected chi connectivity index (χ4v) is 0.0873. The van der Waals surface area contributed by atoms with Crippen LogP contribution in [0.3, 0.4) is 0 Å². The maximum Gasteiger partial charge on any atom is 0.176 e. The van der Waals surface area contributed by atoms with Crippen LogP contribution in [0.4, 0.5) is 0 Å². The third kappa shape index (κ3) is 2.96. The molecule has 0 rings (SSSR count). The van der Waals surface area contributed by atoms with Gasteiger partial charge >= 0.3 is 0 Å². The lowest BCUT2D eigenvalue weighted by Gasteiger charge is -1.75. The Kier molecular flexibility index (Phi) is 3.27. The van der Waals surface area contributed by atoms with Crippen molar-refractivity contribution in [2.75, 3.05) is 6.54 Å². The highest BCUT2D eigenvalue weighted by atomic mass is 16.1. The van der Waals surface area contributed by atoms with Crippen molar-refractivity contribution >= 4 is 6.29 Å². The number of carbonyl (C=O) groups is 1. The van der Waals surface area contributed by atoms with Crippen LogP contribution in [0.1, 0.15) is 0 Å². The summed E-state index contributed by atoms with van der Waals surface area (Å²) in [5.74, 6) is 0. The largest absolute Gasteiger partial charge is 0.317 e. The number of nitrogens with zero attached hydrogens (tertiary/aromatic N) is 1. The van der Waals surface area contributed by atoms with E-state index in [-0.39, 0.29) is 6.54 Å².